The highest BCUT2D eigenvalue weighted by Gasteiger charge is 2.19. The molecule has 1 aliphatic rings. The van der Waals surface area contributed by atoms with E-state index < -0.39 is 0 Å². The average molecular weight is 356 g/mol. The summed E-state index contributed by atoms with van der Waals surface area (Å²) >= 11 is 5.46. The lowest BCUT2D eigenvalue weighted by Crippen LogP contribution is -2.40. The first-order valence-corrected chi connectivity index (χ1v) is 9.00. The fourth-order valence-corrected chi connectivity index (χ4v) is 3.40. The van der Waals surface area contributed by atoms with E-state index >= 15 is 0 Å². The third kappa shape index (κ3) is 6.28. The normalized spacial score (nSPS) is 16.4. The maximum atomic E-state index is 5.46. The largest absolute Gasteiger partial charge is 0.363 e. The number of nitrogens with one attached hydrogen (secondary N) is 2. The predicted molar refractivity (Wildman–Crippen MR) is 106 cm³/mol. The lowest BCUT2D eigenvalue weighted by atomic mass is 9.88. The number of rotatable bonds is 7. The Labute approximate surface area is 152 Å². The fourth-order valence-electron chi connectivity index (χ4n) is 3.16. The van der Waals surface area contributed by atoms with Gasteiger partial charge in [0.1, 0.15) is 0 Å². The van der Waals surface area contributed by atoms with Gasteiger partial charge in [0.15, 0.2) is 5.11 Å². The lowest BCUT2D eigenvalue weighted by Gasteiger charge is -2.27. The molecular weight excluding hydrogens is 326 g/mol. The molecule has 1 aliphatic carbocycles. The molecule has 1 aromatic rings. The molecule has 0 amide bonds. The van der Waals surface area contributed by atoms with Crippen LogP contribution >= 0.6 is 24.6 Å². The van der Waals surface area contributed by atoms with Gasteiger partial charge >= 0.3 is 0 Å². The Kier molecular flexibility index (Phi) is 9.53. The van der Waals surface area contributed by atoms with Crippen LogP contribution in [0.15, 0.2) is 24.3 Å². The summed E-state index contributed by atoms with van der Waals surface area (Å²) in [5.41, 5.74) is 2.89. The van der Waals surface area contributed by atoms with Gasteiger partial charge in [-0.3, -0.25) is 0 Å². The zero-order chi connectivity index (χ0) is 15.8. The van der Waals surface area contributed by atoms with Crippen LogP contribution in [0, 0.1) is 0 Å². The first-order valence-electron chi connectivity index (χ1n) is 8.59. The van der Waals surface area contributed by atoms with Crippen LogP contribution < -0.4 is 10.6 Å². The highest BCUT2D eigenvalue weighted by Crippen LogP contribution is 2.29. The molecule has 2 N–H and O–H groups in total. The van der Waals surface area contributed by atoms with E-state index in [-0.39, 0.29) is 12.4 Å². The van der Waals surface area contributed by atoms with Crippen LogP contribution in [-0.2, 0) is 6.42 Å². The third-order valence-electron chi connectivity index (χ3n) is 4.51. The topological polar surface area (TPSA) is 27.3 Å². The van der Waals surface area contributed by atoms with Gasteiger partial charge in [-0.25, -0.2) is 0 Å². The molecule has 0 saturated carbocycles. The summed E-state index contributed by atoms with van der Waals surface area (Å²) in [6.07, 6.45) is 4.72. The minimum Gasteiger partial charge on any atom is -0.363 e. The van der Waals surface area contributed by atoms with Crippen LogP contribution in [0.25, 0.3) is 0 Å². The minimum absolute atomic E-state index is 0. The molecule has 0 spiro atoms. The monoisotopic (exact) mass is 355 g/mol. The number of hydrogen-bond donors (Lipinski definition) is 2. The van der Waals surface area contributed by atoms with E-state index in [4.69, 9.17) is 12.2 Å². The number of benzene rings is 1. The molecule has 23 heavy (non-hydrogen) atoms. The molecule has 0 saturated heterocycles. The van der Waals surface area contributed by atoms with Crippen molar-refractivity contribution < 1.29 is 0 Å². The van der Waals surface area contributed by atoms with Gasteiger partial charge in [-0.15, -0.1) is 12.4 Å². The quantitative estimate of drug-likeness (QED) is 0.576. The molecule has 1 unspecified atom stereocenters. The summed E-state index contributed by atoms with van der Waals surface area (Å²) in [6.45, 7) is 8.75. The molecule has 0 bridgehead atoms. The number of nitrogens with zero attached hydrogens (tertiary/aromatic N) is 1. The predicted octanol–water partition coefficient (Wildman–Crippen LogP) is 3.68. The molecule has 1 aromatic carbocycles. The van der Waals surface area contributed by atoms with E-state index in [1.165, 1.54) is 24.0 Å². The molecule has 3 nitrogen and oxygen atoms in total. The van der Waals surface area contributed by atoms with Crippen molar-refractivity contribution in [3.05, 3.63) is 35.4 Å². The molecule has 0 radical (unpaired) electrons. The zero-order valence-electron chi connectivity index (χ0n) is 14.3. The fraction of sp³-hybridized carbons (Fsp3) is 0.611. The van der Waals surface area contributed by atoms with Crippen LogP contribution in [0.5, 0.6) is 0 Å². The van der Waals surface area contributed by atoms with E-state index in [0.29, 0.717) is 6.04 Å². The first kappa shape index (κ1) is 20.2. The second-order valence-electron chi connectivity index (χ2n) is 5.92. The van der Waals surface area contributed by atoms with Crippen LogP contribution in [0.1, 0.15) is 50.3 Å². The standard InChI is InChI=1S/C18H29N3S.ClH/c1-3-21(4-2)14-8-13-19-18(22)20-17-12-7-10-15-9-5-6-11-16(15)17;/h5-6,9,11,17H,3-4,7-8,10,12-14H2,1-2H3,(H2,19,20,22);1H. The van der Waals surface area contributed by atoms with Crippen LogP contribution in [0.2, 0.25) is 0 Å². The van der Waals surface area contributed by atoms with Crippen molar-refractivity contribution in [2.45, 2.75) is 45.6 Å². The molecular formula is C18H30ClN3S. The van der Waals surface area contributed by atoms with E-state index in [0.717, 1.165) is 44.1 Å². The summed E-state index contributed by atoms with van der Waals surface area (Å²) in [4.78, 5) is 2.44. The summed E-state index contributed by atoms with van der Waals surface area (Å²) in [6, 6.07) is 9.09. The van der Waals surface area contributed by atoms with Gasteiger partial charge in [-0.2, -0.15) is 0 Å². The molecule has 5 heteroatoms. The Bertz CT molecular complexity index is 477. The zero-order valence-corrected chi connectivity index (χ0v) is 15.9. The molecule has 0 heterocycles. The highest BCUT2D eigenvalue weighted by molar-refractivity contribution is 7.80. The summed E-state index contributed by atoms with van der Waals surface area (Å²) < 4.78 is 0. The molecule has 1 atom stereocenters. The van der Waals surface area contributed by atoms with Crippen molar-refractivity contribution in [1.82, 2.24) is 15.5 Å². The first-order chi connectivity index (χ1) is 10.7. The van der Waals surface area contributed by atoms with E-state index in [2.05, 4.69) is 53.6 Å². The second-order valence-corrected chi connectivity index (χ2v) is 6.33. The Morgan fingerprint density at radius 1 is 1.26 bits per heavy atom. The van der Waals surface area contributed by atoms with E-state index in [9.17, 15) is 0 Å². The van der Waals surface area contributed by atoms with Crippen molar-refractivity contribution in [2.24, 2.45) is 0 Å². The third-order valence-corrected chi connectivity index (χ3v) is 4.77. The number of hydrogen-bond acceptors (Lipinski definition) is 2. The van der Waals surface area contributed by atoms with Crippen molar-refractivity contribution >= 4 is 29.7 Å². The summed E-state index contributed by atoms with van der Waals surface area (Å²) in [5.74, 6) is 0. The molecule has 0 fully saturated rings. The van der Waals surface area contributed by atoms with Crippen molar-refractivity contribution in [3.63, 3.8) is 0 Å². The number of halogens is 1. The van der Waals surface area contributed by atoms with Crippen molar-refractivity contribution in [3.8, 4) is 0 Å². The lowest BCUT2D eigenvalue weighted by molar-refractivity contribution is 0.300. The van der Waals surface area contributed by atoms with Crippen LogP contribution in [0.3, 0.4) is 0 Å². The van der Waals surface area contributed by atoms with Gasteiger partial charge in [-0.1, -0.05) is 38.1 Å². The number of aryl methyl sites for hydroxylation is 1. The SMILES string of the molecule is CCN(CC)CCCNC(=S)NC1CCCc2ccccc21.Cl. The molecule has 2 rings (SSSR count). The van der Waals surface area contributed by atoms with Crippen molar-refractivity contribution in [1.29, 1.82) is 0 Å². The van der Waals surface area contributed by atoms with Gasteiger partial charge in [0.05, 0.1) is 6.04 Å². The van der Waals surface area contributed by atoms with E-state index in [1.54, 1.807) is 0 Å². The minimum atomic E-state index is 0. The van der Waals surface area contributed by atoms with E-state index in [1.807, 2.05) is 0 Å². The smallest absolute Gasteiger partial charge is 0.166 e. The second kappa shape index (κ2) is 10.8. The Hall–Kier alpha value is -0.840. The summed E-state index contributed by atoms with van der Waals surface area (Å²) in [5, 5.41) is 7.65. The maximum absolute atomic E-state index is 5.46. The Morgan fingerprint density at radius 2 is 2.00 bits per heavy atom. The van der Waals surface area contributed by atoms with Gasteiger partial charge in [0.2, 0.25) is 0 Å². The maximum Gasteiger partial charge on any atom is 0.166 e. The average Bonchev–Trinajstić information content (AvgIpc) is 2.55. The van der Waals surface area contributed by atoms with Gasteiger partial charge < -0.3 is 15.5 Å². The van der Waals surface area contributed by atoms with Gasteiger partial charge in [-0.05, 0) is 68.7 Å². The van der Waals surface area contributed by atoms with Gasteiger partial charge in [0.25, 0.3) is 0 Å². The number of thiocarbonyl (C=S) groups is 1. The molecule has 0 aliphatic heterocycles. The molecule has 130 valence electrons. The Balaban J connectivity index is 0.00000264. The molecule has 0 aromatic heterocycles. The summed E-state index contributed by atoms with van der Waals surface area (Å²) in [7, 11) is 0. The van der Waals surface area contributed by atoms with Crippen LogP contribution in [-0.4, -0.2) is 36.2 Å². The van der Waals surface area contributed by atoms with Crippen molar-refractivity contribution in [2.75, 3.05) is 26.2 Å². The Morgan fingerprint density at radius 3 is 2.74 bits per heavy atom. The van der Waals surface area contributed by atoms with Crippen LogP contribution in [0.4, 0.5) is 0 Å². The van der Waals surface area contributed by atoms with Gasteiger partial charge in [0, 0.05) is 6.54 Å². The number of fused-ring (bicyclic) bond motifs is 1. The highest BCUT2D eigenvalue weighted by atomic mass is 35.5.